The van der Waals surface area contributed by atoms with E-state index in [1.807, 2.05) is 82.6 Å². The summed E-state index contributed by atoms with van der Waals surface area (Å²) in [7, 11) is 2.68. The summed E-state index contributed by atoms with van der Waals surface area (Å²) in [6.45, 7) is 1.19. The highest BCUT2D eigenvalue weighted by Gasteiger charge is 2.38. The Hall–Kier alpha value is -6.10. The highest BCUT2D eigenvalue weighted by Crippen LogP contribution is 2.37. The number of imidazole rings is 1. The summed E-state index contributed by atoms with van der Waals surface area (Å²) in [5.74, 6) is 0.464. The molecule has 14 nitrogen and oxygen atoms in total. The lowest BCUT2D eigenvalue weighted by atomic mass is 10.0. The number of aliphatic imine (C=N–C) groups is 1. The molecule has 0 bridgehead atoms. The molecule has 2 aromatic heterocycles. The van der Waals surface area contributed by atoms with Crippen LogP contribution in [0.4, 0.5) is 4.79 Å². The first-order chi connectivity index (χ1) is 29.4. The van der Waals surface area contributed by atoms with Crippen LogP contribution in [0.15, 0.2) is 114 Å². The largest absolute Gasteiger partial charge is 0.453 e. The summed E-state index contributed by atoms with van der Waals surface area (Å²) in [6, 6.07) is 33.4. The van der Waals surface area contributed by atoms with E-state index in [1.54, 1.807) is 0 Å². The highest BCUT2D eigenvalue weighted by atomic mass is 32.1. The van der Waals surface area contributed by atoms with Crippen molar-refractivity contribution in [3.63, 3.8) is 0 Å². The predicted molar refractivity (Wildman–Crippen MR) is 260 cm³/mol. The second kappa shape index (κ2) is 23.5. The van der Waals surface area contributed by atoms with Crippen LogP contribution in [-0.4, -0.2) is 81.6 Å². The number of aryl methyl sites for hydroxylation is 2. The Kier molecular flexibility index (Phi) is 18.6. The molecule has 8 rings (SSSR count). The second-order valence-corrected chi connectivity index (χ2v) is 15.1. The van der Waals surface area contributed by atoms with E-state index in [9.17, 15) is 14.4 Å². The van der Waals surface area contributed by atoms with Crippen molar-refractivity contribution in [2.24, 2.45) is 4.99 Å². The zero-order chi connectivity index (χ0) is 41.4. The normalized spacial score (nSPS) is 16.5. The standard InChI is InChI=1S/C46H48N8O6.2CH4.2H2S/c1-58-46(57)50-42(34-13-7-4-8-14-34)45(56)53-25-9-15-39(53)38-28-36(51-52-38)32-22-19-30(20-23-32)17-18-31-21-24-35-37(27-31)49-43(48-35)40-16-10-26-54(40)44(55)41(47-29-60-59-2)33-11-5-3-6-12-33;;;;/h3-8,11-14,19-24,27-29,39-42H,9-10,15-18,25-26H2,1-2H3,(H,48,49)(H,50,57)(H,51,52);2*1H4;2*1H2/t39-,40-,41+,42+;;;;/m0..../s1. The fraction of sp³-hybridized carbons (Fsp3) is 0.333. The fourth-order valence-electron chi connectivity index (χ4n) is 8.33. The smallest absolute Gasteiger partial charge is 0.407 e. The molecule has 3 amide bonds. The summed E-state index contributed by atoms with van der Waals surface area (Å²) >= 11 is 0. The fourth-order valence-corrected chi connectivity index (χ4v) is 8.33. The van der Waals surface area contributed by atoms with Crippen molar-refractivity contribution in [2.75, 3.05) is 27.3 Å². The maximum absolute atomic E-state index is 13.9. The third-order valence-corrected chi connectivity index (χ3v) is 11.4. The van der Waals surface area contributed by atoms with Crippen LogP contribution in [0.5, 0.6) is 0 Å². The molecule has 2 saturated heterocycles. The molecule has 0 unspecified atom stereocenters. The van der Waals surface area contributed by atoms with Crippen LogP contribution in [0.25, 0.3) is 22.3 Å². The minimum Gasteiger partial charge on any atom is -0.453 e. The second-order valence-electron chi connectivity index (χ2n) is 15.1. The van der Waals surface area contributed by atoms with E-state index in [4.69, 9.17) is 14.6 Å². The summed E-state index contributed by atoms with van der Waals surface area (Å²) in [5.41, 5.74) is 8.28. The topological polar surface area (TPSA) is 167 Å². The van der Waals surface area contributed by atoms with Gasteiger partial charge in [0.15, 0.2) is 6.04 Å². The Balaban J connectivity index is 0.00000224. The third-order valence-electron chi connectivity index (χ3n) is 11.4. The van der Waals surface area contributed by atoms with Crippen molar-refractivity contribution in [2.45, 2.75) is 77.5 Å². The first kappa shape index (κ1) is 50.5. The maximum Gasteiger partial charge on any atom is 0.407 e. The van der Waals surface area contributed by atoms with Gasteiger partial charge in [-0.15, -0.1) is 0 Å². The number of alkyl carbamates (subject to hydrolysis) is 1. The van der Waals surface area contributed by atoms with E-state index in [0.29, 0.717) is 18.7 Å². The van der Waals surface area contributed by atoms with Gasteiger partial charge in [0.25, 0.3) is 5.91 Å². The Bertz CT molecular complexity index is 2450. The molecule has 2 fully saturated rings. The highest BCUT2D eigenvalue weighted by molar-refractivity contribution is 7.59. The van der Waals surface area contributed by atoms with Crippen molar-refractivity contribution in [3.8, 4) is 11.3 Å². The number of carbonyl (C=O) groups excluding carboxylic acids is 3. The molecule has 0 aliphatic carbocycles. The van der Waals surface area contributed by atoms with Crippen molar-refractivity contribution in [1.29, 1.82) is 0 Å². The van der Waals surface area contributed by atoms with E-state index in [0.717, 1.165) is 77.9 Å². The number of likely N-dealkylation sites (tertiary alicyclic amines) is 2. The van der Waals surface area contributed by atoms with Crippen LogP contribution in [0, 0.1) is 0 Å². The number of methoxy groups -OCH3 is 1. The SMILES string of the molecule is C.C.COOC=N[C@@H](C(=O)N1CCC[C@H]1c1nc2ccc(CCc3ccc(-c4cc([C@@H]5CCCN5C(=O)[C@H](NC(=O)OC)c5ccccc5)[nH]n4)cc3)cc2[nH]1)c1ccccc1.S.S. The Morgan fingerprint density at radius 3 is 2.09 bits per heavy atom. The Labute approximate surface area is 389 Å². The molecule has 3 N–H and O–H groups in total. The molecule has 340 valence electrons. The van der Waals surface area contributed by atoms with Crippen LogP contribution < -0.4 is 5.32 Å². The lowest BCUT2D eigenvalue weighted by Gasteiger charge is -2.28. The average Bonchev–Trinajstić information content (AvgIpc) is 4.13. The monoisotopic (exact) mass is 908 g/mol. The van der Waals surface area contributed by atoms with Gasteiger partial charge in [-0.1, -0.05) is 106 Å². The number of ether oxygens (including phenoxy) is 1. The molecule has 6 aromatic rings. The molecule has 2 aliphatic heterocycles. The molecule has 2 aliphatic rings. The van der Waals surface area contributed by atoms with Crippen molar-refractivity contribution in [3.05, 3.63) is 143 Å². The van der Waals surface area contributed by atoms with E-state index >= 15 is 0 Å². The van der Waals surface area contributed by atoms with Gasteiger partial charge in [0.05, 0.1) is 48.7 Å². The molecule has 64 heavy (non-hydrogen) atoms. The van der Waals surface area contributed by atoms with Crippen molar-refractivity contribution >= 4 is 62.3 Å². The van der Waals surface area contributed by atoms with E-state index < -0.39 is 18.2 Å². The van der Waals surface area contributed by atoms with Gasteiger partial charge in [-0.25, -0.2) is 14.8 Å². The molecular weight excluding hydrogens is 849 g/mol. The van der Waals surface area contributed by atoms with E-state index in [-0.39, 0.29) is 65.7 Å². The summed E-state index contributed by atoms with van der Waals surface area (Å²) in [4.78, 5) is 66.1. The first-order valence-corrected chi connectivity index (χ1v) is 20.3. The zero-order valence-corrected chi connectivity index (χ0v) is 36.6. The summed E-state index contributed by atoms with van der Waals surface area (Å²) in [6.07, 6.45) is 5.48. The molecule has 0 radical (unpaired) electrons. The van der Waals surface area contributed by atoms with Gasteiger partial charge in [0.1, 0.15) is 11.9 Å². The van der Waals surface area contributed by atoms with Gasteiger partial charge in [0, 0.05) is 18.7 Å². The number of rotatable bonds is 14. The zero-order valence-electron chi connectivity index (χ0n) is 34.6. The minimum absolute atomic E-state index is 0. The van der Waals surface area contributed by atoms with Gasteiger partial charge >= 0.3 is 6.09 Å². The molecule has 4 aromatic carbocycles. The molecule has 0 spiro atoms. The number of carbonyl (C=O) groups is 3. The Morgan fingerprint density at radius 1 is 0.797 bits per heavy atom. The third kappa shape index (κ3) is 11.3. The number of nitrogens with zero attached hydrogens (tertiary/aromatic N) is 5. The number of aromatic amines is 2. The lowest BCUT2D eigenvalue weighted by molar-refractivity contribution is -0.188. The number of nitrogens with one attached hydrogen (secondary N) is 3. The molecular formula is C48H60N8O6S2. The summed E-state index contributed by atoms with van der Waals surface area (Å²) in [5, 5.41) is 10.5. The maximum atomic E-state index is 13.9. The first-order valence-electron chi connectivity index (χ1n) is 20.3. The number of hydrogen-bond donors (Lipinski definition) is 3. The number of hydrogen-bond acceptors (Lipinski definition) is 9. The van der Waals surface area contributed by atoms with Gasteiger partial charge in [-0.2, -0.15) is 37.0 Å². The van der Waals surface area contributed by atoms with Gasteiger partial charge in [-0.3, -0.25) is 14.7 Å². The van der Waals surface area contributed by atoms with Crippen molar-refractivity contribution < 1.29 is 28.9 Å². The molecule has 16 heteroatoms. The number of benzene rings is 4. The minimum atomic E-state index is -0.865. The van der Waals surface area contributed by atoms with Gasteiger partial charge in [-0.05, 0) is 79.0 Å². The lowest BCUT2D eigenvalue weighted by Crippen LogP contribution is -2.42. The van der Waals surface area contributed by atoms with Gasteiger partial charge in [0.2, 0.25) is 12.3 Å². The van der Waals surface area contributed by atoms with Gasteiger partial charge < -0.3 is 29.7 Å². The van der Waals surface area contributed by atoms with Crippen LogP contribution in [0.1, 0.15) is 98.5 Å². The van der Waals surface area contributed by atoms with Crippen LogP contribution >= 0.6 is 27.0 Å². The van der Waals surface area contributed by atoms with Crippen LogP contribution in [0.2, 0.25) is 0 Å². The molecule has 0 saturated carbocycles. The molecule has 4 atom stereocenters. The number of aromatic nitrogens is 4. The quantitative estimate of drug-likeness (QED) is 0.0422. The van der Waals surface area contributed by atoms with E-state index in [2.05, 4.69) is 66.8 Å². The number of H-pyrrole nitrogens is 2. The average molecular weight is 909 g/mol. The Morgan fingerprint density at radius 2 is 1.42 bits per heavy atom. The van der Waals surface area contributed by atoms with E-state index in [1.165, 1.54) is 31.7 Å². The van der Waals surface area contributed by atoms with Crippen LogP contribution in [0.3, 0.4) is 0 Å². The van der Waals surface area contributed by atoms with Crippen LogP contribution in [-0.2, 0) is 36.9 Å². The summed E-state index contributed by atoms with van der Waals surface area (Å²) < 4.78 is 4.83. The predicted octanol–water partition coefficient (Wildman–Crippen LogP) is 9.01. The number of amides is 3. The van der Waals surface area contributed by atoms with Crippen molar-refractivity contribution in [1.82, 2.24) is 35.3 Å². The number of fused-ring (bicyclic) bond motifs is 1. The molecule has 4 heterocycles.